The van der Waals surface area contributed by atoms with Gasteiger partial charge in [0.15, 0.2) is 0 Å². The molecule has 0 saturated heterocycles. The lowest BCUT2D eigenvalue weighted by molar-refractivity contribution is 0.418. The predicted molar refractivity (Wildman–Crippen MR) is 55.5 cm³/mol. The summed E-state index contributed by atoms with van der Waals surface area (Å²) < 4.78 is 5.19. The van der Waals surface area contributed by atoms with Crippen molar-refractivity contribution in [2.24, 2.45) is 0 Å². The zero-order valence-electron chi connectivity index (χ0n) is 7.19. The molecule has 0 unspecified atom stereocenters. The number of thiol groups is 1. The topological polar surface area (TPSA) is 22.1 Å². The first-order valence-corrected chi connectivity index (χ1v) is 4.38. The number of benzene rings is 1. The van der Waals surface area contributed by atoms with E-state index in [1.54, 1.807) is 13.3 Å². The van der Waals surface area contributed by atoms with E-state index in [0.717, 1.165) is 21.5 Å². The maximum absolute atomic E-state index is 5.19. The Kier molecular flexibility index (Phi) is 2.10. The number of aromatic nitrogens is 1. The predicted octanol–water partition coefficient (Wildman–Crippen LogP) is 2.53. The highest BCUT2D eigenvalue weighted by Gasteiger charge is 2.03. The van der Waals surface area contributed by atoms with Gasteiger partial charge in [-0.05, 0) is 18.2 Å². The second kappa shape index (κ2) is 3.26. The number of ether oxygens (including phenoxy) is 1. The van der Waals surface area contributed by atoms with Crippen LogP contribution < -0.4 is 4.74 Å². The lowest BCUT2D eigenvalue weighted by Crippen LogP contribution is -1.87. The molecule has 0 spiro atoms. The Hall–Kier alpha value is -1.22. The zero-order valence-corrected chi connectivity index (χ0v) is 8.08. The van der Waals surface area contributed by atoms with Crippen LogP contribution in [0, 0.1) is 0 Å². The normalized spacial score (nSPS) is 10.3. The highest BCUT2D eigenvalue weighted by Crippen LogP contribution is 2.27. The molecule has 0 radical (unpaired) electrons. The minimum Gasteiger partial charge on any atom is -0.494 e. The smallest absolute Gasteiger partial charge is 0.145 e. The van der Waals surface area contributed by atoms with Gasteiger partial charge in [-0.1, -0.05) is 6.07 Å². The van der Waals surface area contributed by atoms with Crippen molar-refractivity contribution in [3.05, 3.63) is 30.5 Å². The van der Waals surface area contributed by atoms with Crippen LogP contribution in [0.3, 0.4) is 0 Å². The molecule has 2 aromatic rings. The third-order valence-corrected chi connectivity index (χ3v) is 2.32. The Labute approximate surface area is 82.0 Å². The fourth-order valence-electron chi connectivity index (χ4n) is 1.30. The van der Waals surface area contributed by atoms with Crippen LogP contribution in [-0.2, 0) is 0 Å². The SMILES string of the molecule is COc1ccc(S)c2cccnc12. The van der Waals surface area contributed by atoms with E-state index in [1.165, 1.54) is 0 Å². The second-order valence-corrected chi connectivity index (χ2v) is 3.17. The summed E-state index contributed by atoms with van der Waals surface area (Å²) in [6.45, 7) is 0. The van der Waals surface area contributed by atoms with Crippen LogP contribution in [0.5, 0.6) is 5.75 Å². The second-order valence-electron chi connectivity index (χ2n) is 2.69. The van der Waals surface area contributed by atoms with Gasteiger partial charge in [0.1, 0.15) is 11.3 Å². The molecule has 0 atom stereocenters. The molecule has 0 saturated carbocycles. The fourth-order valence-corrected chi connectivity index (χ4v) is 1.55. The maximum atomic E-state index is 5.19. The number of nitrogens with zero attached hydrogens (tertiary/aromatic N) is 1. The zero-order chi connectivity index (χ0) is 9.26. The molecular formula is C10H9NOS. The summed E-state index contributed by atoms with van der Waals surface area (Å²) in [6.07, 6.45) is 1.75. The quantitative estimate of drug-likeness (QED) is 0.700. The van der Waals surface area contributed by atoms with E-state index in [1.807, 2.05) is 24.3 Å². The molecule has 13 heavy (non-hydrogen) atoms. The van der Waals surface area contributed by atoms with E-state index in [2.05, 4.69) is 17.6 Å². The van der Waals surface area contributed by atoms with Gasteiger partial charge in [0.2, 0.25) is 0 Å². The molecule has 3 heteroatoms. The van der Waals surface area contributed by atoms with E-state index >= 15 is 0 Å². The number of rotatable bonds is 1. The van der Waals surface area contributed by atoms with Crippen LogP contribution in [-0.4, -0.2) is 12.1 Å². The van der Waals surface area contributed by atoms with Gasteiger partial charge in [0.25, 0.3) is 0 Å². The molecule has 1 aromatic heterocycles. The van der Waals surface area contributed by atoms with Crippen LogP contribution in [0.1, 0.15) is 0 Å². The van der Waals surface area contributed by atoms with E-state index in [9.17, 15) is 0 Å². The van der Waals surface area contributed by atoms with Crippen LogP contribution in [0.15, 0.2) is 35.4 Å². The molecule has 2 nitrogen and oxygen atoms in total. The third-order valence-electron chi connectivity index (χ3n) is 1.93. The molecule has 0 bridgehead atoms. The molecule has 2 rings (SSSR count). The number of hydrogen-bond acceptors (Lipinski definition) is 3. The summed E-state index contributed by atoms with van der Waals surface area (Å²) in [7, 11) is 1.64. The molecule has 1 heterocycles. The number of methoxy groups -OCH3 is 1. The standard InChI is InChI=1S/C10H9NOS/c1-12-8-4-5-9(13)7-3-2-6-11-10(7)8/h2-6,13H,1H3. The summed E-state index contributed by atoms with van der Waals surface area (Å²) >= 11 is 4.34. The summed E-state index contributed by atoms with van der Waals surface area (Å²) in [5.41, 5.74) is 0.859. The lowest BCUT2D eigenvalue weighted by Gasteiger charge is -2.05. The first-order valence-electron chi connectivity index (χ1n) is 3.93. The van der Waals surface area contributed by atoms with Gasteiger partial charge in [-0.15, -0.1) is 12.6 Å². The van der Waals surface area contributed by atoms with Crippen molar-refractivity contribution < 1.29 is 4.74 Å². The number of hydrogen-bond donors (Lipinski definition) is 1. The van der Waals surface area contributed by atoms with Crippen LogP contribution >= 0.6 is 12.6 Å². The van der Waals surface area contributed by atoms with E-state index in [4.69, 9.17) is 4.74 Å². The average molecular weight is 191 g/mol. The molecule has 1 aromatic carbocycles. The molecule has 0 fully saturated rings. The fraction of sp³-hybridized carbons (Fsp3) is 0.100. The average Bonchev–Trinajstić information content (AvgIpc) is 2.19. The Bertz CT molecular complexity index is 442. The van der Waals surface area contributed by atoms with Crippen molar-refractivity contribution >= 4 is 23.5 Å². The number of fused-ring (bicyclic) bond motifs is 1. The first-order chi connectivity index (χ1) is 6.33. The van der Waals surface area contributed by atoms with Crippen molar-refractivity contribution in [3.63, 3.8) is 0 Å². The molecule has 0 aliphatic heterocycles. The Balaban J connectivity index is 2.84. The molecule has 0 aliphatic carbocycles. The summed E-state index contributed by atoms with van der Waals surface area (Å²) in [5, 5.41) is 1.02. The molecule has 0 N–H and O–H groups in total. The molecule has 0 aliphatic rings. The third kappa shape index (κ3) is 1.35. The first kappa shape index (κ1) is 8.38. The van der Waals surface area contributed by atoms with Crippen molar-refractivity contribution in [2.45, 2.75) is 4.90 Å². The highest BCUT2D eigenvalue weighted by molar-refractivity contribution is 7.80. The monoisotopic (exact) mass is 191 g/mol. The maximum Gasteiger partial charge on any atom is 0.145 e. The Morgan fingerprint density at radius 2 is 2.15 bits per heavy atom. The van der Waals surface area contributed by atoms with E-state index in [-0.39, 0.29) is 0 Å². The largest absolute Gasteiger partial charge is 0.494 e. The minimum absolute atomic E-state index is 0.786. The van der Waals surface area contributed by atoms with Crippen LogP contribution in [0.2, 0.25) is 0 Å². The van der Waals surface area contributed by atoms with E-state index < -0.39 is 0 Å². The van der Waals surface area contributed by atoms with Gasteiger partial charge in [0.05, 0.1) is 7.11 Å². The van der Waals surface area contributed by atoms with Gasteiger partial charge >= 0.3 is 0 Å². The van der Waals surface area contributed by atoms with Gasteiger partial charge in [-0.2, -0.15) is 0 Å². The Morgan fingerprint density at radius 1 is 1.31 bits per heavy atom. The van der Waals surface area contributed by atoms with E-state index in [0.29, 0.717) is 0 Å². The minimum atomic E-state index is 0.786. The van der Waals surface area contributed by atoms with Crippen molar-refractivity contribution in [2.75, 3.05) is 7.11 Å². The van der Waals surface area contributed by atoms with Crippen molar-refractivity contribution in [3.8, 4) is 5.75 Å². The van der Waals surface area contributed by atoms with Gasteiger partial charge in [-0.25, -0.2) is 0 Å². The van der Waals surface area contributed by atoms with Crippen LogP contribution in [0.25, 0.3) is 10.9 Å². The van der Waals surface area contributed by atoms with Crippen molar-refractivity contribution in [1.82, 2.24) is 4.98 Å². The molecule has 0 amide bonds. The van der Waals surface area contributed by atoms with Gasteiger partial charge in [-0.3, -0.25) is 4.98 Å². The summed E-state index contributed by atoms with van der Waals surface area (Å²) in [6, 6.07) is 7.65. The van der Waals surface area contributed by atoms with Gasteiger partial charge < -0.3 is 4.74 Å². The van der Waals surface area contributed by atoms with Gasteiger partial charge in [0, 0.05) is 16.5 Å². The Morgan fingerprint density at radius 3 is 2.92 bits per heavy atom. The lowest BCUT2D eigenvalue weighted by atomic mass is 10.2. The molecule has 66 valence electrons. The number of pyridine rings is 1. The summed E-state index contributed by atoms with van der Waals surface area (Å²) in [5.74, 6) is 0.786. The highest BCUT2D eigenvalue weighted by atomic mass is 32.1. The summed E-state index contributed by atoms with van der Waals surface area (Å²) in [4.78, 5) is 5.16. The molecular weight excluding hydrogens is 182 g/mol. The van der Waals surface area contributed by atoms with Crippen LogP contribution in [0.4, 0.5) is 0 Å². The van der Waals surface area contributed by atoms with Crippen molar-refractivity contribution in [1.29, 1.82) is 0 Å².